The van der Waals surface area contributed by atoms with Crippen molar-refractivity contribution in [2.24, 2.45) is 11.8 Å². The summed E-state index contributed by atoms with van der Waals surface area (Å²) in [6.45, 7) is 6.68. The van der Waals surface area contributed by atoms with Gasteiger partial charge in [-0.25, -0.2) is 13.2 Å². The second kappa shape index (κ2) is 8.63. The number of sulfone groups is 1. The van der Waals surface area contributed by atoms with Gasteiger partial charge in [-0.3, -0.25) is 0 Å². The average molecular weight is 431 g/mol. The Balaban J connectivity index is 1.44. The molecule has 9 heteroatoms. The summed E-state index contributed by atoms with van der Waals surface area (Å²) in [6.07, 6.45) is 0.0835. The summed E-state index contributed by atoms with van der Waals surface area (Å²) in [5.74, 6) is 0.752. The van der Waals surface area contributed by atoms with Gasteiger partial charge in [-0.1, -0.05) is 0 Å². The SMILES string of the molecule is CC(C)(C#N)OC(=O)N1CC2CN(CCCS(=O)(=O)c3ccc(C#N)cc3)CC2C1. The van der Waals surface area contributed by atoms with Crippen LogP contribution in [0.25, 0.3) is 0 Å². The molecule has 0 radical (unpaired) electrons. The van der Waals surface area contributed by atoms with Crippen LogP contribution in [0, 0.1) is 34.5 Å². The summed E-state index contributed by atoms with van der Waals surface area (Å²) in [6, 6.07) is 9.94. The molecule has 0 bridgehead atoms. The molecule has 1 amide bonds. The number of nitrogens with zero attached hydrogens (tertiary/aromatic N) is 4. The van der Waals surface area contributed by atoms with Gasteiger partial charge in [0.15, 0.2) is 15.4 Å². The summed E-state index contributed by atoms with van der Waals surface area (Å²) in [4.78, 5) is 16.4. The molecule has 0 spiro atoms. The number of ether oxygens (including phenoxy) is 1. The Morgan fingerprint density at radius 2 is 1.73 bits per heavy atom. The zero-order chi connectivity index (χ0) is 21.9. The summed E-state index contributed by atoms with van der Waals surface area (Å²) in [5, 5.41) is 17.8. The number of hydrogen-bond acceptors (Lipinski definition) is 7. The second-order valence-corrected chi connectivity index (χ2v) is 10.6. The number of rotatable bonds is 6. The minimum Gasteiger partial charge on any atom is -0.428 e. The third-order valence-electron chi connectivity index (χ3n) is 5.66. The van der Waals surface area contributed by atoms with E-state index in [2.05, 4.69) is 4.90 Å². The van der Waals surface area contributed by atoms with E-state index in [1.54, 1.807) is 18.7 Å². The second-order valence-electron chi connectivity index (χ2n) is 8.48. The molecule has 1 aromatic rings. The highest BCUT2D eigenvalue weighted by Gasteiger charge is 2.42. The molecule has 2 unspecified atom stereocenters. The molecule has 3 rings (SSSR count). The lowest BCUT2D eigenvalue weighted by atomic mass is 10.0. The first-order valence-electron chi connectivity index (χ1n) is 9.98. The number of carbonyl (C=O) groups excluding carboxylic acids is 1. The summed E-state index contributed by atoms with van der Waals surface area (Å²) >= 11 is 0. The van der Waals surface area contributed by atoms with Crippen LogP contribution in [-0.4, -0.2) is 68.4 Å². The summed E-state index contributed by atoms with van der Waals surface area (Å²) in [7, 11) is -3.37. The molecule has 0 aliphatic carbocycles. The molecule has 30 heavy (non-hydrogen) atoms. The monoisotopic (exact) mass is 430 g/mol. The van der Waals surface area contributed by atoms with Crippen molar-refractivity contribution >= 4 is 15.9 Å². The van der Waals surface area contributed by atoms with Gasteiger partial charge in [0.2, 0.25) is 0 Å². The maximum absolute atomic E-state index is 12.5. The Labute approximate surface area is 177 Å². The number of hydrogen-bond donors (Lipinski definition) is 0. The van der Waals surface area contributed by atoms with Crippen LogP contribution in [0.15, 0.2) is 29.2 Å². The van der Waals surface area contributed by atoms with E-state index in [0.29, 0.717) is 43.5 Å². The largest absolute Gasteiger partial charge is 0.428 e. The van der Waals surface area contributed by atoms with E-state index in [9.17, 15) is 13.2 Å². The van der Waals surface area contributed by atoms with Crippen LogP contribution in [0.2, 0.25) is 0 Å². The third-order valence-corrected chi connectivity index (χ3v) is 7.48. The average Bonchev–Trinajstić information content (AvgIpc) is 3.26. The topological polar surface area (TPSA) is 114 Å². The van der Waals surface area contributed by atoms with Gasteiger partial charge in [-0.15, -0.1) is 0 Å². The maximum Gasteiger partial charge on any atom is 0.411 e. The van der Waals surface area contributed by atoms with E-state index in [1.165, 1.54) is 24.3 Å². The quantitative estimate of drug-likeness (QED) is 0.678. The van der Waals surface area contributed by atoms with Gasteiger partial charge in [-0.2, -0.15) is 10.5 Å². The van der Waals surface area contributed by atoms with Crippen LogP contribution >= 0.6 is 0 Å². The van der Waals surface area contributed by atoms with Gasteiger partial charge in [0.25, 0.3) is 0 Å². The van der Waals surface area contributed by atoms with E-state index < -0.39 is 21.5 Å². The molecule has 2 heterocycles. The highest BCUT2D eigenvalue weighted by Crippen LogP contribution is 2.32. The highest BCUT2D eigenvalue weighted by atomic mass is 32.2. The van der Waals surface area contributed by atoms with Crippen LogP contribution in [0.1, 0.15) is 25.8 Å². The molecular weight excluding hydrogens is 404 g/mol. The highest BCUT2D eigenvalue weighted by molar-refractivity contribution is 7.91. The van der Waals surface area contributed by atoms with Crippen molar-refractivity contribution in [3.63, 3.8) is 0 Å². The van der Waals surface area contributed by atoms with E-state index in [1.807, 2.05) is 12.1 Å². The molecule has 8 nitrogen and oxygen atoms in total. The van der Waals surface area contributed by atoms with Crippen LogP contribution < -0.4 is 0 Å². The first-order chi connectivity index (χ1) is 14.1. The van der Waals surface area contributed by atoms with Crippen LogP contribution in [-0.2, 0) is 14.6 Å². The fraction of sp³-hybridized carbons (Fsp3) is 0.571. The third kappa shape index (κ3) is 5.10. The van der Waals surface area contributed by atoms with E-state index in [4.69, 9.17) is 15.3 Å². The molecule has 2 aliphatic rings. The lowest BCUT2D eigenvalue weighted by molar-refractivity contribution is 0.0478. The lowest BCUT2D eigenvalue weighted by Gasteiger charge is -2.24. The van der Waals surface area contributed by atoms with Crippen molar-refractivity contribution < 1.29 is 17.9 Å². The number of amides is 1. The Kier molecular flexibility index (Phi) is 6.35. The molecule has 2 aliphatic heterocycles. The van der Waals surface area contributed by atoms with Gasteiger partial charge >= 0.3 is 6.09 Å². The van der Waals surface area contributed by atoms with Crippen LogP contribution in [0.3, 0.4) is 0 Å². The Morgan fingerprint density at radius 1 is 1.13 bits per heavy atom. The number of fused-ring (bicyclic) bond motifs is 1. The summed E-state index contributed by atoms with van der Waals surface area (Å²) in [5.41, 5.74) is -0.701. The molecule has 0 N–H and O–H groups in total. The van der Waals surface area contributed by atoms with E-state index >= 15 is 0 Å². The first-order valence-corrected chi connectivity index (χ1v) is 11.6. The van der Waals surface area contributed by atoms with Gasteiger partial charge in [0.1, 0.15) is 6.07 Å². The molecule has 0 saturated carbocycles. The zero-order valence-corrected chi connectivity index (χ0v) is 18.1. The Morgan fingerprint density at radius 3 is 2.27 bits per heavy atom. The standard InChI is InChI=1S/C21H26N4O4S/c1-21(2,15-23)29-20(26)25-13-17-11-24(12-18(17)14-25)8-3-9-30(27,28)19-6-4-16(10-22)5-7-19/h4-7,17-18H,3,8-9,11-14H2,1-2H3. The van der Waals surface area contributed by atoms with E-state index in [0.717, 1.165) is 13.1 Å². The van der Waals surface area contributed by atoms with Gasteiger partial charge in [0, 0.05) is 26.2 Å². The molecular formula is C21H26N4O4S. The number of carbonyl (C=O) groups is 1. The first kappa shape index (κ1) is 22.1. The van der Waals surface area contributed by atoms with Gasteiger partial charge in [-0.05, 0) is 62.9 Å². The minimum atomic E-state index is -3.37. The minimum absolute atomic E-state index is 0.0619. The Bertz CT molecular complexity index is 962. The number of likely N-dealkylation sites (tertiary alicyclic amines) is 2. The molecule has 2 saturated heterocycles. The van der Waals surface area contributed by atoms with Crippen molar-refractivity contribution in [3.8, 4) is 12.1 Å². The van der Waals surface area contributed by atoms with Crippen LogP contribution in [0.5, 0.6) is 0 Å². The lowest BCUT2D eigenvalue weighted by Crippen LogP contribution is -2.38. The maximum atomic E-state index is 12.5. The van der Waals surface area contributed by atoms with Gasteiger partial charge in [0.05, 0.1) is 22.3 Å². The molecule has 2 atom stereocenters. The Hall–Kier alpha value is -2.62. The molecule has 0 aromatic heterocycles. The van der Waals surface area contributed by atoms with Crippen molar-refractivity contribution in [2.45, 2.75) is 30.8 Å². The smallest absolute Gasteiger partial charge is 0.411 e. The molecule has 160 valence electrons. The van der Waals surface area contributed by atoms with Crippen LogP contribution in [0.4, 0.5) is 4.79 Å². The normalized spacial score (nSPS) is 21.7. The number of nitriles is 2. The van der Waals surface area contributed by atoms with Gasteiger partial charge < -0.3 is 14.5 Å². The fourth-order valence-corrected chi connectivity index (χ4v) is 5.36. The fourth-order valence-electron chi connectivity index (χ4n) is 4.06. The van der Waals surface area contributed by atoms with E-state index in [-0.39, 0.29) is 10.6 Å². The van der Waals surface area contributed by atoms with Crippen molar-refractivity contribution in [3.05, 3.63) is 29.8 Å². The van der Waals surface area contributed by atoms with Crippen molar-refractivity contribution in [2.75, 3.05) is 38.5 Å². The molecule has 2 fully saturated rings. The zero-order valence-electron chi connectivity index (χ0n) is 17.2. The predicted octanol–water partition coefficient (Wildman–Crippen LogP) is 2.02. The number of benzene rings is 1. The summed E-state index contributed by atoms with van der Waals surface area (Å²) < 4.78 is 30.2. The van der Waals surface area contributed by atoms with Crippen molar-refractivity contribution in [1.29, 1.82) is 10.5 Å². The molecule has 1 aromatic carbocycles. The predicted molar refractivity (Wildman–Crippen MR) is 109 cm³/mol. The van der Waals surface area contributed by atoms with Crippen molar-refractivity contribution in [1.82, 2.24) is 9.80 Å².